The number of carbonyl (C=O) groups is 2. The van der Waals surface area contributed by atoms with Crippen LogP contribution in [0.3, 0.4) is 0 Å². The number of hydrogen-bond acceptors (Lipinski definition) is 4. The van der Waals surface area contributed by atoms with Gasteiger partial charge in [0.05, 0.1) is 12.7 Å². The van der Waals surface area contributed by atoms with E-state index in [0.717, 1.165) is 6.07 Å². The maximum absolute atomic E-state index is 13.1. The van der Waals surface area contributed by atoms with Gasteiger partial charge in [0.1, 0.15) is 5.82 Å². The predicted octanol–water partition coefficient (Wildman–Crippen LogP) is 1.30. The average Bonchev–Trinajstić information content (AvgIpc) is 2.39. The van der Waals surface area contributed by atoms with E-state index in [4.69, 9.17) is 10.00 Å². The Morgan fingerprint density at radius 2 is 2.20 bits per heavy atom. The van der Waals surface area contributed by atoms with Gasteiger partial charge in [-0.2, -0.15) is 5.26 Å². The molecule has 1 amide bonds. The third-order valence-corrected chi connectivity index (χ3v) is 2.57. The second-order valence-electron chi connectivity index (χ2n) is 4.30. The summed E-state index contributed by atoms with van der Waals surface area (Å²) < 4.78 is 17.9. The van der Waals surface area contributed by atoms with Gasteiger partial charge in [-0.25, -0.2) is 4.39 Å². The number of halogens is 1. The number of nitrogens with one attached hydrogen (secondary N) is 1. The van der Waals surface area contributed by atoms with E-state index in [1.807, 2.05) is 0 Å². The number of carbonyl (C=O) groups excluding carboxylic acids is 2. The average molecular weight is 278 g/mol. The van der Waals surface area contributed by atoms with Gasteiger partial charge in [0.25, 0.3) is 0 Å². The Kier molecular flexibility index (Phi) is 5.81. The van der Waals surface area contributed by atoms with Crippen LogP contribution in [0.4, 0.5) is 4.39 Å². The highest BCUT2D eigenvalue weighted by molar-refractivity contribution is 6.12. The summed E-state index contributed by atoms with van der Waals surface area (Å²) in [7, 11) is 1.47. The van der Waals surface area contributed by atoms with E-state index in [9.17, 15) is 14.0 Å². The predicted molar refractivity (Wildman–Crippen MR) is 69.3 cm³/mol. The first-order valence-corrected chi connectivity index (χ1v) is 5.98. The lowest BCUT2D eigenvalue weighted by molar-refractivity contribution is -0.123. The first kappa shape index (κ1) is 15.8. The maximum atomic E-state index is 13.1. The van der Waals surface area contributed by atoms with E-state index < -0.39 is 23.4 Å². The van der Waals surface area contributed by atoms with Crippen molar-refractivity contribution < 1.29 is 18.7 Å². The molecule has 2 unspecified atom stereocenters. The molecule has 0 radical (unpaired) electrons. The Bertz CT molecular complexity index is 539. The van der Waals surface area contributed by atoms with E-state index in [0.29, 0.717) is 0 Å². The van der Waals surface area contributed by atoms with Crippen LogP contribution in [0.5, 0.6) is 0 Å². The molecular formula is C14H15FN2O3. The summed E-state index contributed by atoms with van der Waals surface area (Å²) in [4.78, 5) is 23.9. The quantitative estimate of drug-likeness (QED) is 0.628. The number of ether oxygens (including phenoxy) is 1. The van der Waals surface area contributed by atoms with Gasteiger partial charge in [-0.15, -0.1) is 0 Å². The number of rotatable bonds is 6. The van der Waals surface area contributed by atoms with E-state index in [-0.39, 0.29) is 18.2 Å². The molecule has 0 aliphatic heterocycles. The Morgan fingerprint density at radius 3 is 2.75 bits per heavy atom. The number of hydrogen-bond donors (Lipinski definition) is 1. The molecule has 0 spiro atoms. The number of methoxy groups -OCH3 is 1. The fraction of sp³-hybridized carbons (Fsp3) is 0.357. The second kappa shape index (κ2) is 7.36. The van der Waals surface area contributed by atoms with Crippen LogP contribution < -0.4 is 5.32 Å². The summed E-state index contributed by atoms with van der Waals surface area (Å²) in [5.41, 5.74) is -0.00825. The molecule has 1 rings (SSSR count). The Hall–Kier alpha value is -2.26. The molecule has 0 fully saturated rings. The monoisotopic (exact) mass is 278 g/mol. The molecule has 20 heavy (non-hydrogen) atoms. The molecular weight excluding hydrogens is 263 g/mol. The van der Waals surface area contributed by atoms with Crippen molar-refractivity contribution in [2.24, 2.45) is 5.92 Å². The molecule has 6 heteroatoms. The normalized spacial score (nSPS) is 13.1. The van der Waals surface area contributed by atoms with Crippen LogP contribution in [-0.4, -0.2) is 31.4 Å². The van der Waals surface area contributed by atoms with Crippen molar-refractivity contribution in [2.75, 3.05) is 13.7 Å². The molecule has 1 aromatic rings. The molecule has 0 aliphatic rings. The molecule has 0 saturated heterocycles. The van der Waals surface area contributed by atoms with Gasteiger partial charge in [-0.3, -0.25) is 9.59 Å². The van der Waals surface area contributed by atoms with Gasteiger partial charge in [-0.05, 0) is 19.1 Å². The van der Waals surface area contributed by atoms with Gasteiger partial charge >= 0.3 is 0 Å². The van der Waals surface area contributed by atoms with Gasteiger partial charge in [0.15, 0.2) is 11.7 Å². The summed E-state index contributed by atoms with van der Waals surface area (Å²) in [6, 6.07) is 6.20. The lowest BCUT2D eigenvalue weighted by Crippen LogP contribution is -2.41. The van der Waals surface area contributed by atoms with E-state index in [1.165, 1.54) is 25.3 Å². The fourth-order valence-electron chi connectivity index (χ4n) is 1.66. The van der Waals surface area contributed by atoms with Crippen LogP contribution in [0.15, 0.2) is 24.3 Å². The van der Waals surface area contributed by atoms with Crippen LogP contribution in [0.2, 0.25) is 0 Å². The third kappa shape index (κ3) is 4.14. The highest BCUT2D eigenvalue weighted by Crippen LogP contribution is 2.11. The Morgan fingerprint density at radius 1 is 1.50 bits per heavy atom. The molecule has 0 aromatic heterocycles. The molecule has 106 valence electrons. The van der Waals surface area contributed by atoms with Crippen molar-refractivity contribution in [1.29, 1.82) is 5.26 Å². The van der Waals surface area contributed by atoms with Crippen LogP contribution in [0, 0.1) is 23.1 Å². The minimum atomic E-state index is -1.50. The smallest absolute Gasteiger partial charge is 0.245 e. The second-order valence-corrected chi connectivity index (χ2v) is 4.30. The zero-order valence-corrected chi connectivity index (χ0v) is 11.2. The first-order valence-electron chi connectivity index (χ1n) is 5.98. The lowest BCUT2D eigenvalue weighted by atomic mass is 9.97. The number of Topliss-reactive ketones (excluding diaryl/α,β-unsaturated/α-hetero) is 1. The molecule has 0 aliphatic carbocycles. The summed E-state index contributed by atoms with van der Waals surface area (Å²) >= 11 is 0. The van der Waals surface area contributed by atoms with Gasteiger partial charge < -0.3 is 10.1 Å². The number of benzene rings is 1. The van der Waals surface area contributed by atoms with Crippen molar-refractivity contribution in [3.05, 3.63) is 35.6 Å². The van der Waals surface area contributed by atoms with Crippen molar-refractivity contribution >= 4 is 11.7 Å². The summed E-state index contributed by atoms with van der Waals surface area (Å²) in [5, 5.41) is 11.5. The molecule has 0 saturated carbocycles. The van der Waals surface area contributed by atoms with Gasteiger partial charge in [0, 0.05) is 18.7 Å². The third-order valence-electron chi connectivity index (χ3n) is 2.57. The fourth-order valence-corrected chi connectivity index (χ4v) is 1.66. The number of amides is 1. The minimum absolute atomic E-state index is 0.00825. The zero-order valence-electron chi connectivity index (χ0n) is 11.2. The van der Waals surface area contributed by atoms with Crippen molar-refractivity contribution in [2.45, 2.75) is 13.0 Å². The molecule has 5 nitrogen and oxygen atoms in total. The summed E-state index contributed by atoms with van der Waals surface area (Å²) in [6.07, 6.45) is 0. The van der Waals surface area contributed by atoms with Crippen molar-refractivity contribution in [3.63, 3.8) is 0 Å². The zero-order chi connectivity index (χ0) is 15.1. The largest absolute Gasteiger partial charge is 0.383 e. The molecule has 1 N–H and O–H groups in total. The topological polar surface area (TPSA) is 79.2 Å². The molecule has 1 aromatic carbocycles. The Labute approximate surface area is 116 Å². The minimum Gasteiger partial charge on any atom is -0.383 e. The van der Waals surface area contributed by atoms with E-state index >= 15 is 0 Å². The van der Waals surface area contributed by atoms with Crippen LogP contribution in [-0.2, 0) is 9.53 Å². The Balaban J connectivity index is 2.83. The lowest BCUT2D eigenvalue weighted by Gasteiger charge is -2.15. The van der Waals surface area contributed by atoms with Gasteiger partial charge in [0.2, 0.25) is 5.91 Å². The number of nitrogens with zero attached hydrogens (tertiary/aromatic N) is 1. The number of ketones is 1. The highest BCUT2D eigenvalue weighted by Gasteiger charge is 2.28. The molecule has 2 atom stereocenters. The molecule has 0 heterocycles. The van der Waals surface area contributed by atoms with Crippen molar-refractivity contribution in [1.82, 2.24) is 5.32 Å². The van der Waals surface area contributed by atoms with E-state index in [2.05, 4.69) is 5.32 Å². The number of nitriles is 1. The maximum Gasteiger partial charge on any atom is 0.245 e. The first-order chi connectivity index (χ1) is 9.49. The van der Waals surface area contributed by atoms with Crippen LogP contribution in [0.1, 0.15) is 17.3 Å². The molecule has 0 bridgehead atoms. The van der Waals surface area contributed by atoms with Crippen molar-refractivity contribution in [3.8, 4) is 6.07 Å². The van der Waals surface area contributed by atoms with Crippen LogP contribution >= 0.6 is 0 Å². The standard InChI is InChI=1S/C14H15FN2O3/c1-9(8-20-2)17-14(19)12(7-16)13(18)10-4-3-5-11(15)6-10/h3-6,9,12H,8H2,1-2H3,(H,17,19). The van der Waals surface area contributed by atoms with Gasteiger partial charge in [-0.1, -0.05) is 12.1 Å². The van der Waals surface area contributed by atoms with E-state index in [1.54, 1.807) is 13.0 Å². The van der Waals surface area contributed by atoms with Crippen LogP contribution in [0.25, 0.3) is 0 Å². The summed E-state index contributed by atoms with van der Waals surface area (Å²) in [6.45, 7) is 1.94. The SMILES string of the molecule is COCC(C)NC(=O)C(C#N)C(=O)c1cccc(F)c1. The summed E-state index contributed by atoms with van der Waals surface area (Å²) in [5.74, 6) is -3.54. The highest BCUT2D eigenvalue weighted by atomic mass is 19.1.